The largest absolute Gasteiger partial charge is 0.378 e. The Bertz CT molecular complexity index is 758. The van der Waals surface area contributed by atoms with Crippen molar-refractivity contribution in [2.75, 3.05) is 32.8 Å². The fourth-order valence-electron chi connectivity index (χ4n) is 3.44. The number of morpholine rings is 1. The van der Waals surface area contributed by atoms with Crippen molar-refractivity contribution in [3.63, 3.8) is 0 Å². The van der Waals surface area contributed by atoms with Gasteiger partial charge in [0.05, 0.1) is 19.1 Å². The summed E-state index contributed by atoms with van der Waals surface area (Å²) in [4.78, 5) is 19.1. The van der Waals surface area contributed by atoms with Crippen LogP contribution in [0.4, 0.5) is 0 Å². The van der Waals surface area contributed by atoms with Gasteiger partial charge in [-0.15, -0.1) is 0 Å². The molecule has 0 saturated carbocycles. The molecule has 1 aromatic heterocycles. The molecule has 1 aromatic carbocycles. The molecule has 0 bridgehead atoms. The SMILES string of the molecule is O=C(C1COCCN1)N1CCCC(c2nc(-c3ccc(Cl)cc3)no2)C1. The number of likely N-dealkylation sites (tertiary alicyclic amines) is 1. The first kappa shape index (κ1) is 17.5. The monoisotopic (exact) mass is 376 g/mol. The van der Waals surface area contributed by atoms with Crippen LogP contribution in [0, 0.1) is 0 Å². The summed E-state index contributed by atoms with van der Waals surface area (Å²) < 4.78 is 10.9. The van der Waals surface area contributed by atoms with Gasteiger partial charge in [-0.2, -0.15) is 4.98 Å². The van der Waals surface area contributed by atoms with E-state index in [1.165, 1.54) is 0 Å². The molecule has 0 spiro atoms. The van der Waals surface area contributed by atoms with Crippen molar-refractivity contribution >= 4 is 17.5 Å². The molecule has 3 heterocycles. The zero-order valence-corrected chi connectivity index (χ0v) is 15.1. The highest BCUT2D eigenvalue weighted by molar-refractivity contribution is 6.30. The average molecular weight is 377 g/mol. The molecule has 2 aliphatic rings. The molecule has 0 radical (unpaired) electrons. The Morgan fingerprint density at radius 1 is 1.31 bits per heavy atom. The maximum atomic E-state index is 12.7. The lowest BCUT2D eigenvalue weighted by molar-refractivity contribution is -0.137. The number of halogens is 1. The van der Waals surface area contributed by atoms with E-state index in [0.29, 0.717) is 43.0 Å². The van der Waals surface area contributed by atoms with Crippen LogP contribution in [-0.2, 0) is 9.53 Å². The van der Waals surface area contributed by atoms with Gasteiger partial charge in [0.25, 0.3) is 0 Å². The number of hydrogen-bond acceptors (Lipinski definition) is 6. The second-order valence-electron chi connectivity index (χ2n) is 6.67. The minimum absolute atomic E-state index is 0.0609. The standard InChI is InChI=1S/C18H21ClN4O3/c19-14-5-3-12(4-6-14)16-21-17(26-22-16)13-2-1-8-23(10-13)18(24)15-11-25-9-7-20-15/h3-6,13,15,20H,1-2,7-11H2. The van der Waals surface area contributed by atoms with Crippen LogP contribution in [0.15, 0.2) is 28.8 Å². The van der Waals surface area contributed by atoms with Gasteiger partial charge in [0.2, 0.25) is 17.6 Å². The van der Waals surface area contributed by atoms with Crippen LogP contribution in [-0.4, -0.2) is 59.8 Å². The van der Waals surface area contributed by atoms with Gasteiger partial charge in [0.15, 0.2) is 0 Å². The summed E-state index contributed by atoms with van der Waals surface area (Å²) in [5, 5.41) is 7.97. The van der Waals surface area contributed by atoms with E-state index in [1.807, 2.05) is 17.0 Å². The van der Waals surface area contributed by atoms with Gasteiger partial charge in [-0.25, -0.2) is 0 Å². The van der Waals surface area contributed by atoms with Crippen LogP contribution in [0.25, 0.3) is 11.4 Å². The summed E-state index contributed by atoms with van der Waals surface area (Å²) in [6, 6.07) is 7.07. The first-order valence-corrected chi connectivity index (χ1v) is 9.28. The molecule has 0 aliphatic carbocycles. The van der Waals surface area contributed by atoms with Gasteiger partial charge in [0, 0.05) is 30.2 Å². The number of ether oxygens (including phenoxy) is 1. The molecular formula is C18H21ClN4O3. The van der Waals surface area contributed by atoms with Crippen LogP contribution < -0.4 is 5.32 Å². The number of aromatic nitrogens is 2. The molecule has 2 saturated heterocycles. The topological polar surface area (TPSA) is 80.5 Å². The molecule has 26 heavy (non-hydrogen) atoms. The molecule has 2 unspecified atom stereocenters. The Morgan fingerprint density at radius 2 is 2.15 bits per heavy atom. The Balaban J connectivity index is 1.44. The van der Waals surface area contributed by atoms with Gasteiger partial charge in [0.1, 0.15) is 6.04 Å². The molecule has 1 N–H and O–H groups in total. The average Bonchev–Trinajstić information content (AvgIpc) is 3.19. The van der Waals surface area contributed by atoms with E-state index in [1.54, 1.807) is 12.1 Å². The number of hydrogen-bond donors (Lipinski definition) is 1. The summed E-state index contributed by atoms with van der Waals surface area (Å²) in [5.74, 6) is 1.28. The number of rotatable bonds is 3. The summed E-state index contributed by atoms with van der Waals surface area (Å²) in [5.41, 5.74) is 0.858. The van der Waals surface area contributed by atoms with Crippen molar-refractivity contribution in [3.05, 3.63) is 35.2 Å². The minimum Gasteiger partial charge on any atom is -0.378 e. The van der Waals surface area contributed by atoms with Crippen LogP contribution in [0.1, 0.15) is 24.7 Å². The Hall–Kier alpha value is -1.96. The molecule has 138 valence electrons. The zero-order valence-electron chi connectivity index (χ0n) is 14.4. The number of nitrogens with one attached hydrogen (secondary N) is 1. The molecule has 1 amide bonds. The highest BCUT2D eigenvalue weighted by atomic mass is 35.5. The second kappa shape index (κ2) is 7.73. The first-order valence-electron chi connectivity index (χ1n) is 8.90. The lowest BCUT2D eigenvalue weighted by Crippen LogP contribution is -2.54. The van der Waals surface area contributed by atoms with Crippen molar-refractivity contribution in [3.8, 4) is 11.4 Å². The first-order chi connectivity index (χ1) is 12.7. The van der Waals surface area contributed by atoms with Crippen molar-refractivity contribution in [2.24, 2.45) is 0 Å². The van der Waals surface area contributed by atoms with Crippen LogP contribution in [0.5, 0.6) is 0 Å². The molecule has 2 fully saturated rings. The summed E-state index contributed by atoms with van der Waals surface area (Å²) in [6.45, 7) is 3.15. The van der Waals surface area contributed by atoms with Gasteiger partial charge < -0.3 is 19.5 Å². The summed E-state index contributed by atoms with van der Waals surface area (Å²) in [7, 11) is 0. The molecule has 2 aromatic rings. The van der Waals surface area contributed by atoms with Crippen molar-refractivity contribution < 1.29 is 14.1 Å². The Labute approximate surface area is 156 Å². The van der Waals surface area contributed by atoms with E-state index in [9.17, 15) is 4.79 Å². The third-order valence-electron chi connectivity index (χ3n) is 4.85. The number of carbonyl (C=O) groups is 1. The fraction of sp³-hybridized carbons (Fsp3) is 0.500. The second-order valence-corrected chi connectivity index (χ2v) is 7.10. The molecule has 8 heteroatoms. The van der Waals surface area contributed by atoms with Crippen molar-refractivity contribution in [1.29, 1.82) is 0 Å². The van der Waals surface area contributed by atoms with Crippen molar-refractivity contribution in [1.82, 2.24) is 20.4 Å². The maximum absolute atomic E-state index is 12.7. The third kappa shape index (κ3) is 3.75. The van der Waals surface area contributed by atoms with E-state index in [4.69, 9.17) is 20.9 Å². The number of nitrogens with zero attached hydrogens (tertiary/aromatic N) is 3. The lowest BCUT2D eigenvalue weighted by atomic mass is 9.97. The molecule has 2 aliphatic heterocycles. The highest BCUT2D eigenvalue weighted by Gasteiger charge is 2.32. The van der Waals surface area contributed by atoms with Crippen LogP contribution in [0.2, 0.25) is 5.02 Å². The summed E-state index contributed by atoms with van der Waals surface area (Å²) >= 11 is 5.92. The maximum Gasteiger partial charge on any atom is 0.242 e. The quantitative estimate of drug-likeness (QED) is 0.883. The van der Waals surface area contributed by atoms with Gasteiger partial charge in [-0.05, 0) is 37.1 Å². The van der Waals surface area contributed by atoms with E-state index in [2.05, 4.69) is 15.5 Å². The van der Waals surface area contributed by atoms with Crippen molar-refractivity contribution in [2.45, 2.75) is 24.8 Å². The van der Waals surface area contributed by atoms with E-state index < -0.39 is 0 Å². The summed E-state index contributed by atoms with van der Waals surface area (Å²) in [6.07, 6.45) is 1.85. The number of carbonyl (C=O) groups excluding carboxylic acids is 1. The van der Waals surface area contributed by atoms with Gasteiger partial charge in [-0.1, -0.05) is 16.8 Å². The fourth-order valence-corrected chi connectivity index (χ4v) is 3.57. The highest BCUT2D eigenvalue weighted by Crippen LogP contribution is 2.28. The minimum atomic E-state index is -0.255. The smallest absolute Gasteiger partial charge is 0.242 e. The van der Waals surface area contributed by atoms with E-state index in [-0.39, 0.29) is 17.9 Å². The van der Waals surface area contributed by atoms with Gasteiger partial charge in [-0.3, -0.25) is 4.79 Å². The third-order valence-corrected chi connectivity index (χ3v) is 5.10. The van der Waals surface area contributed by atoms with E-state index >= 15 is 0 Å². The number of piperidine rings is 1. The number of amides is 1. The van der Waals surface area contributed by atoms with Crippen LogP contribution >= 0.6 is 11.6 Å². The molecular weight excluding hydrogens is 356 g/mol. The Morgan fingerprint density at radius 3 is 2.92 bits per heavy atom. The van der Waals surface area contributed by atoms with E-state index in [0.717, 1.165) is 24.9 Å². The number of benzene rings is 1. The zero-order chi connectivity index (χ0) is 17.9. The predicted molar refractivity (Wildman–Crippen MR) is 95.9 cm³/mol. The predicted octanol–water partition coefficient (Wildman–Crippen LogP) is 2.08. The normalized spacial score (nSPS) is 23.8. The van der Waals surface area contributed by atoms with Crippen LogP contribution in [0.3, 0.4) is 0 Å². The molecule has 2 atom stereocenters. The molecule has 4 rings (SSSR count). The van der Waals surface area contributed by atoms with Gasteiger partial charge >= 0.3 is 0 Å². The lowest BCUT2D eigenvalue weighted by Gasteiger charge is -2.34. The Kier molecular flexibility index (Phi) is 5.19. The molecule has 7 nitrogen and oxygen atoms in total.